The number of ketones is 1. The van der Waals surface area contributed by atoms with Crippen LogP contribution >= 0.6 is 0 Å². The van der Waals surface area contributed by atoms with Crippen LogP contribution in [-0.2, 0) is 10.3 Å². The van der Waals surface area contributed by atoms with Crippen molar-refractivity contribution in [1.29, 1.82) is 0 Å². The van der Waals surface area contributed by atoms with Crippen molar-refractivity contribution in [2.75, 3.05) is 13.3 Å². The van der Waals surface area contributed by atoms with Crippen LogP contribution in [0.1, 0.15) is 22.8 Å². The molecule has 0 bridgehead atoms. The minimum absolute atomic E-state index is 0.101. The van der Waals surface area contributed by atoms with Gasteiger partial charge in [-0.1, -0.05) is 36.4 Å². The van der Waals surface area contributed by atoms with E-state index in [0.717, 1.165) is 15.7 Å². The number of fused-ring (bicyclic) bond motifs is 2. The molecular weight excluding hydrogens is 384 g/mol. The fourth-order valence-corrected chi connectivity index (χ4v) is 3.84. The maximum Gasteiger partial charge on any atom is 0.325 e. The molecule has 2 aliphatic rings. The van der Waals surface area contributed by atoms with E-state index < -0.39 is 17.5 Å². The summed E-state index contributed by atoms with van der Waals surface area (Å²) in [5.41, 5.74) is -0.229. The molecule has 3 amide bonds. The van der Waals surface area contributed by atoms with E-state index in [1.54, 1.807) is 25.1 Å². The summed E-state index contributed by atoms with van der Waals surface area (Å²) in [6.45, 7) is 1.40. The lowest BCUT2D eigenvalue weighted by Gasteiger charge is -2.22. The molecule has 2 aliphatic heterocycles. The molecule has 7 nitrogen and oxygen atoms in total. The molecule has 3 aromatic carbocycles. The average Bonchev–Trinajstić information content (AvgIpc) is 3.31. The third kappa shape index (κ3) is 2.78. The van der Waals surface area contributed by atoms with Crippen LogP contribution < -0.4 is 14.8 Å². The number of carbonyl (C=O) groups excluding carboxylic acids is 3. The number of benzene rings is 3. The Kier molecular flexibility index (Phi) is 3.99. The Hall–Kier alpha value is -3.87. The predicted molar refractivity (Wildman–Crippen MR) is 108 cm³/mol. The molecule has 5 rings (SSSR count). The summed E-state index contributed by atoms with van der Waals surface area (Å²) in [4.78, 5) is 39.5. The van der Waals surface area contributed by atoms with Crippen LogP contribution in [0.15, 0.2) is 60.7 Å². The molecule has 1 fully saturated rings. The monoisotopic (exact) mass is 402 g/mol. The number of ether oxygens (including phenoxy) is 2. The predicted octanol–water partition coefficient (Wildman–Crippen LogP) is 3.22. The van der Waals surface area contributed by atoms with Gasteiger partial charge in [-0.25, -0.2) is 4.79 Å². The van der Waals surface area contributed by atoms with Gasteiger partial charge in [-0.05, 0) is 47.5 Å². The molecule has 150 valence electrons. The fourth-order valence-electron chi connectivity index (χ4n) is 3.84. The van der Waals surface area contributed by atoms with Crippen LogP contribution in [0.2, 0.25) is 0 Å². The first-order chi connectivity index (χ1) is 14.5. The van der Waals surface area contributed by atoms with Gasteiger partial charge in [-0.2, -0.15) is 0 Å². The minimum atomic E-state index is -1.24. The lowest BCUT2D eigenvalue weighted by atomic mass is 9.90. The Morgan fingerprint density at radius 1 is 1.00 bits per heavy atom. The molecule has 0 spiro atoms. The van der Waals surface area contributed by atoms with Crippen LogP contribution in [0.25, 0.3) is 10.8 Å². The molecule has 30 heavy (non-hydrogen) atoms. The molecule has 0 aromatic heterocycles. The van der Waals surface area contributed by atoms with Gasteiger partial charge < -0.3 is 14.8 Å². The molecule has 1 saturated heterocycles. The number of amides is 3. The van der Waals surface area contributed by atoms with Crippen molar-refractivity contribution < 1.29 is 23.9 Å². The zero-order valence-electron chi connectivity index (χ0n) is 16.2. The Balaban J connectivity index is 1.41. The Morgan fingerprint density at radius 3 is 2.60 bits per heavy atom. The number of nitrogens with one attached hydrogen (secondary N) is 1. The summed E-state index contributed by atoms with van der Waals surface area (Å²) < 4.78 is 10.5. The second kappa shape index (κ2) is 6.59. The number of imide groups is 1. The highest BCUT2D eigenvalue weighted by atomic mass is 16.7. The number of carbonyl (C=O) groups is 3. The van der Waals surface area contributed by atoms with Gasteiger partial charge in [-0.15, -0.1) is 0 Å². The Morgan fingerprint density at radius 2 is 1.77 bits per heavy atom. The van der Waals surface area contributed by atoms with Gasteiger partial charge in [0.1, 0.15) is 5.54 Å². The van der Waals surface area contributed by atoms with E-state index in [-0.39, 0.29) is 19.1 Å². The molecular formula is C23H18N2O5. The zero-order valence-corrected chi connectivity index (χ0v) is 16.2. The third-order valence-electron chi connectivity index (χ3n) is 5.60. The second-order valence-electron chi connectivity index (χ2n) is 7.50. The summed E-state index contributed by atoms with van der Waals surface area (Å²) in [5, 5.41) is 4.75. The van der Waals surface area contributed by atoms with Gasteiger partial charge in [0.15, 0.2) is 17.3 Å². The van der Waals surface area contributed by atoms with Gasteiger partial charge in [-0.3, -0.25) is 14.5 Å². The molecule has 0 saturated carbocycles. The van der Waals surface area contributed by atoms with Gasteiger partial charge in [0.2, 0.25) is 6.79 Å². The normalized spacial score (nSPS) is 20.0. The van der Waals surface area contributed by atoms with Gasteiger partial charge >= 0.3 is 6.03 Å². The lowest BCUT2D eigenvalue weighted by Crippen LogP contribution is -2.41. The molecule has 2 heterocycles. The largest absolute Gasteiger partial charge is 0.454 e. The molecule has 1 N–H and O–H groups in total. The number of rotatable bonds is 4. The van der Waals surface area contributed by atoms with E-state index in [0.29, 0.717) is 22.6 Å². The topological polar surface area (TPSA) is 84.9 Å². The van der Waals surface area contributed by atoms with Crippen molar-refractivity contribution in [2.45, 2.75) is 12.5 Å². The van der Waals surface area contributed by atoms with Crippen LogP contribution in [0.5, 0.6) is 11.5 Å². The van der Waals surface area contributed by atoms with Gasteiger partial charge in [0, 0.05) is 5.56 Å². The van der Waals surface area contributed by atoms with E-state index >= 15 is 0 Å². The quantitative estimate of drug-likeness (QED) is 0.535. The minimum Gasteiger partial charge on any atom is -0.454 e. The maximum atomic E-state index is 13.2. The number of urea groups is 1. The first-order valence-corrected chi connectivity index (χ1v) is 9.52. The average molecular weight is 402 g/mol. The fraction of sp³-hybridized carbons (Fsp3) is 0.174. The number of hydrogen-bond donors (Lipinski definition) is 1. The first-order valence-electron chi connectivity index (χ1n) is 9.52. The summed E-state index contributed by atoms with van der Waals surface area (Å²) >= 11 is 0. The maximum absolute atomic E-state index is 13.2. The third-order valence-corrected chi connectivity index (χ3v) is 5.60. The van der Waals surface area contributed by atoms with Crippen LogP contribution in [0.3, 0.4) is 0 Å². The lowest BCUT2D eigenvalue weighted by molar-refractivity contribution is -0.130. The molecule has 0 radical (unpaired) electrons. The summed E-state index contributed by atoms with van der Waals surface area (Å²) in [5.74, 6) is 0.209. The highest BCUT2D eigenvalue weighted by Gasteiger charge is 2.49. The molecule has 1 atom stereocenters. The van der Waals surface area contributed by atoms with Crippen molar-refractivity contribution >= 4 is 28.5 Å². The van der Waals surface area contributed by atoms with E-state index in [1.165, 1.54) is 0 Å². The van der Waals surface area contributed by atoms with Gasteiger partial charge in [0.25, 0.3) is 5.91 Å². The van der Waals surface area contributed by atoms with Crippen molar-refractivity contribution in [3.63, 3.8) is 0 Å². The summed E-state index contributed by atoms with van der Waals surface area (Å²) in [6.07, 6.45) is 0. The molecule has 0 aliphatic carbocycles. The van der Waals surface area contributed by atoms with Crippen molar-refractivity contribution in [3.8, 4) is 11.5 Å². The first kappa shape index (κ1) is 18.2. The van der Waals surface area contributed by atoms with E-state index in [9.17, 15) is 14.4 Å². The highest BCUT2D eigenvalue weighted by molar-refractivity contribution is 6.11. The van der Waals surface area contributed by atoms with Crippen molar-refractivity contribution in [1.82, 2.24) is 10.2 Å². The number of hydrogen-bond acceptors (Lipinski definition) is 5. The van der Waals surface area contributed by atoms with Crippen molar-refractivity contribution in [3.05, 3.63) is 71.8 Å². The van der Waals surface area contributed by atoms with E-state index in [4.69, 9.17) is 9.47 Å². The second-order valence-corrected chi connectivity index (χ2v) is 7.50. The van der Waals surface area contributed by atoms with Crippen LogP contribution in [0.4, 0.5) is 4.79 Å². The number of nitrogens with zero attached hydrogens (tertiary/aromatic N) is 1. The highest BCUT2D eigenvalue weighted by Crippen LogP contribution is 2.34. The van der Waals surface area contributed by atoms with Crippen LogP contribution in [-0.4, -0.2) is 36.0 Å². The standard InChI is InChI=1S/C23H18N2O5/c1-23(17-8-6-14-4-2-3-5-15(14)10-17)21(27)25(22(28)24-23)12-18(26)16-7-9-19-20(11-16)30-13-29-19/h2-11H,12-13H2,1H3,(H,24,28). The molecule has 7 heteroatoms. The van der Waals surface area contributed by atoms with Crippen LogP contribution in [0, 0.1) is 0 Å². The smallest absolute Gasteiger partial charge is 0.325 e. The number of Topliss-reactive ketones (excluding diaryl/α,β-unsaturated/α-hetero) is 1. The SMILES string of the molecule is CC1(c2ccc3ccccc3c2)NC(=O)N(CC(=O)c2ccc3c(c2)OCO3)C1=O. The molecule has 1 unspecified atom stereocenters. The Bertz CT molecular complexity index is 1220. The molecule has 3 aromatic rings. The van der Waals surface area contributed by atoms with Crippen molar-refractivity contribution in [2.24, 2.45) is 0 Å². The van der Waals surface area contributed by atoms with E-state index in [2.05, 4.69) is 5.32 Å². The summed E-state index contributed by atoms with van der Waals surface area (Å²) in [6, 6.07) is 17.6. The summed E-state index contributed by atoms with van der Waals surface area (Å²) in [7, 11) is 0. The van der Waals surface area contributed by atoms with Gasteiger partial charge in [0.05, 0.1) is 6.54 Å². The van der Waals surface area contributed by atoms with E-state index in [1.807, 2.05) is 42.5 Å². The Labute approximate surface area is 172 Å². The zero-order chi connectivity index (χ0) is 20.9.